The van der Waals surface area contributed by atoms with Gasteiger partial charge in [0.15, 0.2) is 6.61 Å². The fraction of sp³-hybridized carbons (Fsp3) is 0.562. The van der Waals surface area contributed by atoms with Gasteiger partial charge in [-0.05, 0) is 31.0 Å². The van der Waals surface area contributed by atoms with Crippen molar-refractivity contribution in [3.63, 3.8) is 0 Å². The van der Waals surface area contributed by atoms with Crippen LogP contribution in [0.15, 0.2) is 24.3 Å². The van der Waals surface area contributed by atoms with Gasteiger partial charge < -0.3 is 9.64 Å². The lowest BCUT2D eigenvalue weighted by Gasteiger charge is -2.33. The van der Waals surface area contributed by atoms with Crippen LogP contribution in [0.25, 0.3) is 0 Å². The summed E-state index contributed by atoms with van der Waals surface area (Å²) in [5.74, 6) is 0.651. The molecular weight excluding hydrogens is 316 g/mol. The Bertz CT molecular complexity index is 620. The number of rotatable bonds is 6. The summed E-state index contributed by atoms with van der Waals surface area (Å²) in [5.41, 5.74) is 1.22. The number of hydrogen-bond donors (Lipinski definition) is 0. The maximum absolute atomic E-state index is 12.2. The average Bonchev–Trinajstić information content (AvgIpc) is 2.60. The Labute approximate surface area is 138 Å². The molecule has 1 aliphatic rings. The van der Waals surface area contributed by atoms with Gasteiger partial charge in [0.1, 0.15) is 5.75 Å². The molecule has 0 aromatic heterocycles. The molecule has 0 N–H and O–H groups in total. The first kappa shape index (κ1) is 17.7. The minimum atomic E-state index is -3.17. The fourth-order valence-corrected chi connectivity index (χ4v) is 3.54. The molecule has 6 nitrogen and oxygen atoms in total. The number of hydrogen-bond acceptors (Lipinski definition) is 4. The van der Waals surface area contributed by atoms with E-state index in [0.29, 0.717) is 31.9 Å². The Morgan fingerprint density at radius 1 is 1.09 bits per heavy atom. The molecule has 0 bridgehead atoms. The molecule has 0 aliphatic carbocycles. The minimum absolute atomic E-state index is 0.0218. The number of aryl methyl sites for hydroxylation is 1. The third-order valence-corrected chi connectivity index (χ3v) is 5.92. The van der Waals surface area contributed by atoms with Gasteiger partial charge in [-0.25, -0.2) is 8.42 Å². The van der Waals surface area contributed by atoms with Crippen LogP contribution in [0.4, 0.5) is 0 Å². The highest BCUT2D eigenvalue weighted by atomic mass is 32.2. The van der Waals surface area contributed by atoms with Crippen LogP contribution >= 0.6 is 0 Å². The van der Waals surface area contributed by atoms with Crippen molar-refractivity contribution in [2.45, 2.75) is 20.3 Å². The molecule has 0 radical (unpaired) electrons. The molecular formula is C16H24N2O4S. The summed E-state index contributed by atoms with van der Waals surface area (Å²) < 4.78 is 30.5. The highest BCUT2D eigenvalue weighted by molar-refractivity contribution is 7.89. The van der Waals surface area contributed by atoms with Crippen LogP contribution in [-0.4, -0.2) is 62.1 Å². The molecule has 1 aromatic carbocycles. The van der Waals surface area contributed by atoms with E-state index in [1.165, 1.54) is 9.87 Å². The quantitative estimate of drug-likeness (QED) is 0.778. The van der Waals surface area contributed by atoms with Crippen molar-refractivity contribution in [1.82, 2.24) is 9.21 Å². The number of benzene rings is 1. The van der Waals surface area contributed by atoms with Gasteiger partial charge in [0.05, 0.1) is 5.75 Å². The summed E-state index contributed by atoms with van der Waals surface area (Å²) in [5, 5.41) is 0. The monoisotopic (exact) mass is 340 g/mol. The summed E-state index contributed by atoms with van der Waals surface area (Å²) in [6.07, 6.45) is 0.962. The number of amides is 1. The van der Waals surface area contributed by atoms with Crippen LogP contribution in [-0.2, 0) is 21.2 Å². The van der Waals surface area contributed by atoms with Crippen LogP contribution in [0.3, 0.4) is 0 Å². The number of carbonyl (C=O) groups excluding carboxylic acids is 1. The van der Waals surface area contributed by atoms with Crippen LogP contribution in [0, 0.1) is 0 Å². The van der Waals surface area contributed by atoms with E-state index >= 15 is 0 Å². The molecule has 23 heavy (non-hydrogen) atoms. The van der Waals surface area contributed by atoms with Gasteiger partial charge >= 0.3 is 0 Å². The van der Waals surface area contributed by atoms with Crippen molar-refractivity contribution in [3.8, 4) is 5.75 Å². The van der Waals surface area contributed by atoms with Gasteiger partial charge in [-0.15, -0.1) is 0 Å². The van der Waals surface area contributed by atoms with Gasteiger partial charge in [-0.2, -0.15) is 4.31 Å². The van der Waals surface area contributed by atoms with Crippen LogP contribution in [0.2, 0.25) is 0 Å². The largest absolute Gasteiger partial charge is 0.484 e. The molecule has 128 valence electrons. The summed E-state index contributed by atoms with van der Waals surface area (Å²) in [7, 11) is -3.17. The molecule has 1 amide bonds. The van der Waals surface area contributed by atoms with Crippen molar-refractivity contribution in [1.29, 1.82) is 0 Å². The molecule has 1 fully saturated rings. The summed E-state index contributed by atoms with van der Waals surface area (Å²) >= 11 is 0. The van der Waals surface area contributed by atoms with E-state index in [0.717, 1.165) is 6.42 Å². The number of piperazine rings is 1. The normalized spacial score (nSPS) is 16.3. The molecule has 1 aromatic rings. The lowest BCUT2D eigenvalue weighted by Crippen LogP contribution is -2.51. The van der Waals surface area contributed by atoms with E-state index in [9.17, 15) is 13.2 Å². The Kier molecular flexibility index (Phi) is 6.01. The second-order valence-corrected chi connectivity index (χ2v) is 7.72. The van der Waals surface area contributed by atoms with Crippen molar-refractivity contribution in [2.75, 3.05) is 38.5 Å². The van der Waals surface area contributed by atoms with Crippen LogP contribution in [0.1, 0.15) is 19.4 Å². The molecule has 1 saturated heterocycles. The van der Waals surface area contributed by atoms with Crippen LogP contribution in [0.5, 0.6) is 5.75 Å². The lowest BCUT2D eigenvalue weighted by atomic mass is 10.2. The molecule has 0 unspecified atom stereocenters. The van der Waals surface area contributed by atoms with Gasteiger partial charge in [0.2, 0.25) is 10.0 Å². The van der Waals surface area contributed by atoms with Gasteiger partial charge in [0, 0.05) is 26.2 Å². The maximum Gasteiger partial charge on any atom is 0.260 e. The molecule has 1 heterocycles. The number of nitrogens with zero attached hydrogens (tertiary/aromatic N) is 2. The standard InChI is InChI=1S/C16H24N2O4S/c1-3-14-5-7-15(8-6-14)22-13-16(19)17-9-11-18(12-10-17)23(20,21)4-2/h5-8H,3-4,9-13H2,1-2H3. The zero-order chi connectivity index (χ0) is 16.9. The molecule has 0 saturated carbocycles. The third-order valence-electron chi connectivity index (χ3n) is 4.04. The predicted molar refractivity (Wildman–Crippen MR) is 88.9 cm³/mol. The van der Waals surface area contributed by atoms with Gasteiger partial charge in [-0.3, -0.25) is 4.79 Å². The second kappa shape index (κ2) is 7.79. The first-order valence-corrected chi connectivity index (χ1v) is 9.54. The SMILES string of the molecule is CCc1ccc(OCC(=O)N2CCN(S(=O)(=O)CC)CC2)cc1. The van der Waals surface area contributed by atoms with Crippen LogP contribution < -0.4 is 4.74 Å². The minimum Gasteiger partial charge on any atom is -0.484 e. The summed E-state index contributed by atoms with van der Waals surface area (Å²) in [6.45, 7) is 5.22. The first-order valence-electron chi connectivity index (χ1n) is 7.93. The molecule has 0 atom stereocenters. The van der Waals surface area contributed by atoms with E-state index < -0.39 is 10.0 Å². The Hall–Kier alpha value is -1.60. The lowest BCUT2D eigenvalue weighted by molar-refractivity contribution is -0.134. The molecule has 1 aliphatic heterocycles. The topological polar surface area (TPSA) is 66.9 Å². The highest BCUT2D eigenvalue weighted by Gasteiger charge is 2.27. The number of sulfonamides is 1. The third kappa shape index (κ3) is 4.68. The van der Waals surface area contributed by atoms with E-state index in [1.807, 2.05) is 24.3 Å². The van der Waals surface area contributed by atoms with Crippen molar-refractivity contribution >= 4 is 15.9 Å². The Morgan fingerprint density at radius 2 is 1.70 bits per heavy atom. The van der Waals surface area contributed by atoms with Gasteiger partial charge in [-0.1, -0.05) is 19.1 Å². The first-order chi connectivity index (χ1) is 11.0. The Balaban J connectivity index is 1.81. The van der Waals surface area contributed by atoms with E-state index in [-0.39, 0.29) is 18.3 Å². The van der Waals surface area contributed by atoms with Gasteiger partial charge in [0.25, 0.3) is 5.91 Å². The Morgan fingerprint density at radius 3 is 2.22 bits per heavy atom. The van der Waals surface area contributed by atoms with E-state index in [1.54, 1.807) is 11.8 Å². The fourth-order valence-electron chi connectivity index (χ4n) is 2.46. The maximum atomic E-state index is 12.2. The van der Waals surface area contributed by atoms with E-state index in [4.69, 9.17) is 4.74 Å². The van der Waals surface area contributed by atoms with Crippen molar-refractivity contribution in [2.24, 2.45) is 0 Å². The van der Waals surface area contributed by atoms with E-state index in [2.05, 4.69) is 6.92 Å². The second-order valence-electron chi connectivity index (χ2n) is 5.47. The summed E-state index contributed by atoms with van der Waals surface area (Å²) in [6, 6.07) is 7.68. The zero-order valence-corrected chi connectivity index (χ0v) is 14.5. The predicted octanol–water partition coefficient (Wildman–Crippen LogP) is 1.12. The smallest absolute Gasteiger partial charge is 0.260 e. The number of ether oxygens (including phenoxy) is 1. The molecule has 0 spiro atoms. The number of carbonyl (C=O) groups is 1. The summed E-state index contributed by atoms with van der Waals surface area (Å²) in [4.78, 5) is 13.8. The zero-order valence-electron chi connectivity index (χ0n) is 13.7. The average molecular weight is 340 g/mol. The van der Waals surface area contributed by atoms with Crippen molar-refractivity contribution < 1.29 is 17.9 Å². The van der Waals surface area contributed by atoms with Crippen molar-refractivity contribution in [3.05, 3.63) is 29.8 Å². The highest BCUT2D eigenvalue weighted by Crippen LogP contribution is 2.13. The molecule has 7 heteroatoms. The molecule has 2 rings (SSSR count).